The van der Waals surface area contributed by atoms with Crippen LogP contribution in [0.3, 0.4) is 0 Å². The number of halogens is 1. The van der Waals surface area contributed by atoms with Gasteiger partial charge < -0.3 is 19.3 Å². The molecule has 2 heterocycles. The van der Waals surface area contributed by atoms with Crippen LogP contribution in [0, 0.1) is 11.7 Å². The van der Waals surface area contributed by atoms with Gasteiger partial charge in [0, 0.05) is 17.8 Å². The van der Waals surface area contributed by atoms with Crippen LogP contribution in [0.25, 0.3) is 17.0 Å². The van der Waals surface area contributed by atoms with Crippen LogP contribution in [0.15, 0.2) is 52.7 Å². The van der Waals surface area contributed by atoms with Gasteiger partial charge in [0.1, 0.15) is 5.82 Å². The van der Waals surface area contributed by atoms with Gasteiger partial charge in [0.2, 0.25) is 5.82 Å². The van der Waals surface area contributed by atoms with Gasteiger partial charge in [-0.1, -0.05) is 31.1 Å². The molecule has 0 aliphatic carbocycles. The van der Waals surface area contributed by atoms with E-state index in [1.807, 2.05) is 20.8 Å². The van der Waals surface area contributed by atoms with E-state index in [1.165, 1.54) is 12.1 Å². The molecule has 1 N–H and O–H groups in total. The van der Waals surface area contributed by atoms with Crippen molar-refractivity contribution < 1.29 is 23.2 Å². The number of rotatable bonds is 7. The lowest BCUT2D eigenvalue weighted by Crippen LogP contribution is -2.47. The Hall–Kier alpha value is -3.88. The summed E-state index contributed by atoms with van der Waals surface area (Å²) in [7, 11) is 3.11. The summed E-state index contributed by atoms with van der Waals surface area (Å²) in [5, 5.41) is 7.13. The first-order valence-corrected chi connectivity index (χ1v) is 10.9. The Bertz CT molecular complexity index is 1240. The van der Waals surface area contributed by atoms with Crippen molar-refractivity contribution in [1.29, 1.82) is 0 Å². The standard InChI is InChI=1S/C25H27FN4O4/c1-14(2)13-30-15(3)21(22(27-25(30)31)16-7-6-8-18(26)11-16)24-28-23(29-34-24)17-9-10-19(32-4)20(12-17)33-5/h6-12,14,22H,13H2,1-5H3,(H,27,31). The van der Waals surface area contributed by atoms with Crippen molar-refractivity contribution >= 4 is 11.6 Å². The van der Waals surface area contributed by atoms with Gasteiger partial charge >= 0.3 is 6.03 Å². The van der Waals surface area contributed by atoms with Crippen LogP contribution < -0.4 is 14.8 Å². The molecule has 1 aromatic heterocycles. The van der Waals surface area contributed by atoms with Gasteiger partial charge in [-0.2, -0.15) is 4.98 Å². The number of hydrogen-bond acceptors (Lipinski definition) is 6. The molecular weight excluding hydrogens is 439 g/mol. The molecule has 34 heavy (non-hydrogen) atoms. The highest BCUT2D eigenvalue weighted by molar-refractivity contribution is 5.86. The quantitative estimate of drug-likeness (QED) is 0.524. The summed E-state index contributed by atoms with van der Waals surface area (Å²) in [6.07, 6.45) is 0. The Kier molecular flexibility index (Phi) is 6.54. The average Bonchev–Trinajstić information content (AvgIpc) is 3.30. The molecule has 1 aliphatic rings. The highest BCUT2D eigenvalue weighted by Gasteiger charge is 2.36. The van der Waals surface area contributed by atoms with Gasteiger partial charge in [-0.05, 0) is 48.7 Å². The van der Waals surface area contributed by atoms with Crippen molar-refractivity contribution in [3.05, 3.63) is 65.4 Å². The molecule has 2 amide bonds. The lowest BCUT2D eigenvalue weighted by Gasteiger charge is -2.36. The van der Waals surface area contributed by atoms with Crippen LogP contribution in [0.1, 0.15) is 38.3 Å². The van der Waals surface area contributed by atoms with Crippen molar-refractivity contribution in [2.24, 2.45) is 5.92 Å². The summed E-state index contributed by atoms with van der Waals surface area (Å²) >= 11 is 0. The van der Waals surface area contributed by atoms with Crippen molar-refractivity contribution in [2.45, 2.75) is 26.8 Å². The number of nitrogens with one attached hydrogen (secondary N) is 1. The van der Waals surface area contributed by atoms with E-state index in [9.17, 15) is 9.18 Å². The second-order valence-corrected chi connectivity index (χ2v) is 8.43. The van der Waals surface area contributed by atoms with E-state index in [0.29, 0.717) is 46.3 Å². The minimum absolute atomic E-state index is 0.234. The number of ether oxygens (including phenoxy) is 2. The molecule has 0 saturated carbocycles. The van der Waals surface area contributed by atoms with Crippen molar-refractivity contribution in [3.8, 4) is 22.9 Å². The SMILES string of the molecule is COc1ccc(-c2noc(C3=C(C)N(CC(C)C)C(=O)NC3c3cccc(F)c3)n2)cc1OC. The van der Waals surface area contributed by atoms with E-state index in [2.05, 4.69) is 15.5 Å². The molecule has 1 atom stereocenters. The Morgan fingerprint density at radius 2 is 1.91 bits per heavy atom. The summed E-state index contributed by atoms with van der Waals surface area (Å²) in [5.41, 5.74) is 2.55. The topological polar surface area (TPSA) is 89.7 Å². The molecule has 9 heteroatoms. The zero-order chi connectivity index (χ0) is 24.4. The molecule has 0 bridgehead atoms. The summed E-state index contributed by atoms with van der Waals surface area (Å²) in [6, 6.07) is 10.5. The number of urea groups is 1. The number of hydrogen-bond donors (Lipinski definition) is 1. The molecular formula is C25H27FN4O4. The lowest BCUT2D eigenvalue weighted by molar-refractivity contribution is 0.199. The third kappa shape index (κ3) is 4.46. The van der Waals surface area contributed by atoms with Crippen LogP contribution in [0.5, 0.6) is 11.5 Å². The van der Waals surface area contributed by atoms with Gasteiger partial charge in [0.25, 0.3) is 5.89 Å². The number of carbonyl (C=O) groups is 1. The number of amides is 2. The normalized spacial score (nSPS) is 16.1. The van der Waals surface area contributed by atoms with Gasteiger partial charge in [-0.15, -0.1) is 0 Å². The molecule has 8 nitrogen and oxygen atoms in total. The number of benzene rings is 2. The lowest BCUT2D eigenvalue weighted by atomic mass is 9.94. The predicted octanol–water partition coefficient (Wildman–Crippen LogP) is 5.05. The number of aromatic nitrogens is 2. The van der Waals surface area contributed by atoms with E-state index >= 15 is 0 Å². The fourth-order valence-electron chi connectivity index (χ4n) is 4.00. The summed E-state index contributed by atoms with van der Waals surface area (Å²) in [5.74, 6) is 1.54. The smallest absolute Gasteiger partial charge is 0.322 e. The van der Waals surface area contributed by atoms with Gasteiger partial charge in [-0.3, -0.25) is 4.90 Å². The predicted molar refractivity (Wildman–Crippen MR) is 125 cm³/mol. The molecule has 1 aliphatic heterocycles. The third-order valence-electron chi connectivity index (χ3n) is 5.62. The van der Waals surface area contributed by atoms with Crippen LogP contribution in [0.4, 0.5) is 9.18 Å². The maximum atomic E-state index is 14.0. The summed E-state index contributed by atoms with van der Waals surface area (Å²) in [6.45, 7) is 6.40. The number of nitrogens with zero attached hydrogens (tertiary/aromatic N) is 3. The largest absolute Gasteiger partial charge is 0.493 e. The van der Waals surface area contributed by atoms with Gasteiger partial charge in [0.05, 0.1) is 25.8 Å². The first-order valence-electron chi connectivity index (χ1n) is 10.9. The molecule has 0 spiro atoms. The Morgan fingerprint density at radius 3 is 2.59 bits per heavy atom. The minimum atomic E-state index is -0.648. The van der Waals surface area contributed by atoms with E-state index in [4.69, 9.17) is 14.0 Å². The molecule has 178 valence electrons. The molecule has 0 saturated heterocycles. The summed E-state index contributed by atoms with van der Waals surface area (Å²) < 4.78 is 30.4. The van der Waals surface area contributed by atoms with E-state index < -0.39 is 11.9 Å². The summed E-state index contributed by atoms with van der Waals surface area (Å²) in [4.78, 5) is 19.2. The maximum absolute atomic E-state index is 14.0. The maximum Gasteiger partial charge on any atom is 0.322 e. The molecule has 2 aromatic carbocycles. The van der Waals surface area contributed by atoms with Crippen LogP contribution >= 0.6 is 0 Å². The number of methoxy groups -OCH3 is 2. The molecule has 0 radical (unpaired) electrons. The van der Waals surface area contributed by atoms with E-state index in [1.54, 1.807) is 49.5 Å². The van der Waals surface area contributed by atoms with Crippen LogP contribution in [-0.2, 0) is 0 Å². The fraction of sp³-hybridized carbons (Fsp3) is 0.320. The average molecular weight is 467 g/mol. The van der Waals surface area contributed by atoms with Gasteiger partial charge in [0.15, 0.2) is 11.5 Å². The van der Waals surface area contributed by atoms with Crippen molar-refractivity contribution in [2.75, 3.05) is 20.8 Å². The third-order valence-corrected chi connectivity index (χ3v) is 5.62. The first kappa shape index (κ1) is 23.3. The molecule has 0 fully saturated rings. The monoisotopic (exact) mass is 466 g/mol. The van der Waals surface area contributed by atoms with Crippen LogP contribution in [0.2, 0.25) is 0 Å². The Morgan fingerprint density at radius 1 is 1.15 bits per heavy atom. The van der Waals surface area contributed by atoms with Crippen molar-refractivity contribution in [3.63, 3.8) is 0 Å². The highest BCUT2D eigenvalue weighted by atomic mass is 19.1. The number of allylic oxidation sites excluding steroid dienone is 1. The molecule has 4 rings (SSSR count). The highest BCUT2D eigenvalue weighted by Crippen LogP contribution is 2.38. The van der Waals surface area contributed by atoms with E-state index in [-0.39, 0.29) is 17.8 Å². The van der Waals surface area contributed by atoms with Crippen molar-refractivity contribution in [1.82, 2.24) is 20.4 Å². The minimum Gasteiger partial charge on any atom is -0.493 e. The fourth-order valence-corrected chi connectivity index (χ4v) is 4.00. The second kappa shape index (κ2) is 9.54. The Balaban J connectivity index is 1.81. The van der Waals surface area contributed by atoms with Crippen LogP contribution in [-0.4, -0.2) is 41.8 Å². The number of carbonyl (C=O) groups excluding carboxylic acids is 1. The molecule has 1 unspecified atom stereocenters. The first-order chi connectivity index (χ1) is 16.3. The zero-order valence-electron chi connectivity index (χ0n) is 19.8. The zero-order valence-corrected chi connectivity index (χ0v) is 19.8. The van der Waals surface area contributed by atoms with E-state index in [0.717, 1.165) is 0 Å². The second-order valence-electron chi connectivity index (χ2n) is 8.43. The van der Waals surface area contributed by atoms with Gasteiger partial charge in [-0.25, -0.2) is 9.18 Å². The molecule has 3 aromatic rings. The Labute approximate surface area is 197 Å².